The zero-order valence-electron chi connectivity index (χ0n) is 9.95. The Morgan fingerprint density at radius 2 is 1.56 bits per heavy atom. The molecule has 18 heavy (non-hydrogen) atoms. The maximum atomic E-state index is 11.7. The lowest BCUT2D eigenvalue weighted by Crippen LogP contribution is -1.86. The van der Waals surface area contributed by atoms with E-state index in [-0.39, 0.29) is 5.12 Å². The van der Waals surface area contributed by atoms with E-state index < -0.39 is 0 Å². The molecule has 0 spiro atoms. The molecule has 0 aliphatic heterocycles. The van der Waals surface area contributed by atoms with Crippen LogP contribution in [-0.2, 0) is 11.2 Å². The number of rotatable bonds is 4. The Bertz CT molecular complexity index is 517. The van der Waals surface area contributed by atoms with Crippen LogP contribution in [0.5, 0.6) is 0 Å². The second-order valence-corrected chi connectivity index (χ2v) is 4.90. The van der Waals surface area contributed by atoms with Crippen molar-refractivity contribution in [1.82, 2.24) is 0 Å². The molecule has 0 aromatic heterocycles. The van der Waals surface area contributed by atoms with Gasteiger partial charge in [-0.1, -0.05) is 54.6 Å². The van der Waals surface area contributed by atoms with Crippen LogP contribution in [0.2, 0.25) is 0 Å². The quantitative estimate of drug-likeness (QED) is 0.603. The van der Waals surface area contributed by atoms with Crippen molar-refractivity contribution in [3.63, 3.8) is 0 Å². The topological polar surface area (TPSA) is 17.1 Å². The van der Waals surface area contributed by atoms with Crippen LogP contribution in [-0.4, -0.2) is 5.12 Å². The monoisotopic (exact) mass is 254 g/mol. The third-order valence-electron chi connectivity index (χ3n) is 2.41. The van der Waals surface area contributed by atoms with Crippen molar-refractivity contribution in [3.05, 3.63) is 78.4 Å². The molecule has 1 nitrogen and oxygen atoms in total. The molecule has 2 rings (SSSR count). The fraction of sp³-hybridized carbons (Fsp3) is 0.0625. The summed E-state index contributed by atoms with van der Waals surface area (Å²) in [5.74, 6) is 0. The van der Waals surface area contributed by atoms with Crippen molar-refractivity contribution in [2.75, 3.05) is 0 Å². The molecule has 0 atom stereocenters. The first-order chi connectivity index (χ1) is 8.84. The van der Waals surface area contributed by atoms with Crippen molar-refractivity contribution in [3.8, 4) is 0 Å². The molecule has 0 heterocycles. The van der Waals surface area contributed by atoms with Gasteiger partial charge in [-0.05, 0) is 42.0 Å². The molecule has 2 aromatic rings. The molecule has 0 unspecified atom stereocenters. The summed E-state index contributed by atoms with van der Waals surface area (Å²) in [7, 11) is 0. The molecule has 0 aliphatic rings. The van der Waals surface area contributed by atoms with Gasteiger partial charge in [-0.2, -0.15) is 0 Å². The minimum absolute atomic E-state index is 0.0668. The molecule has 0 radical (unpaired) electrons. The Morgan fingerprint density at radius 3 is 2.22 bits per heavy atom. The summed E-state index contributed by atoms with van der Waals surface area (Å²) in [5, 5.41) is 0.0668. The second-order valence-electron chi connectivity index (χ2n) is 3.83. The van der Waals surface area contributed by atoms with E-state index in [2.05, 4.69) is 12.1 Å². The van der Waals surface area contributed by atoms with Gasteiger partial charge < -0.3 is 0 Å². The van der Waals surface area contributed by atoms with Gasteiger partial charge in [0.2, 0.25) is 5.12 Å². The average molecular weight is 254 g/mol. The van der Waals surface area contributed by atoms with E-state index in [1.54, 1.807) is 6.08 Å². The van der Waals surface area contributed by atoms with Crippen LogP contribution in [0, 0.1) is 0 Å². The van der Waals surface area contributed by atoms with Crippen LogP contribution < -0.4 is 0 Å². The van der Waals surface area contributed by atoms with Crippen LogP contribution in [0.1, 0.15) is 5.56 Å². The Hall–Kier alpha value is -1.80. The third kappa shape index (κ3) is 4.22. The highest BCUT2D eigenvalue weighted by Crippen LogP contribution is 2.18. The largest absolute Gasteiger partial charge is 0.282 e. The standard InChI is InChI=1S/C16H14OS/c17-16(18-15-11-5-2-6-12-15)13-7-10-14-8-3-1-4-9-14/h1-9,11-13H,10H2/b13-7+. The van der Waals surface area contributed by atoms with Gasteiger partial charge in [-0.25, -0.2) is 0 Å². The maximum absolute atomic E-state index is 11.7. The van der Waals surface area contributed by atoms with E-state index in [1.807, 2.05) is 54.6 Å². The van der Waals surface area contributed by atoms with Crippen LogP contribution >= 0.6 is 11.8 Å². The van der Waals surface area contributed by atoms with Crippen molar-refractivity contribution >= 4 is 16.9 Å². The van der Waals surface area contributed by atoms with Crippen LogP contribution in [0.25, 0.3) is 0 Å². The van der Waals surface area contributed by atoms with Crippen LogP contribution in [0.15, 0.2) is 77.7 Å². The summed E-state index contributed by atoms with van der Waals surface area (Å²) in [6, 6.07) is 19.8. The van der Waals surface area contributed by atoms with Gasteiger partial charge in [0, 0.05) is 4.90 Å². The van der Waals surface area contributed by atoms with Gasteiger partial charge in [-0.15, -0.1) is 0 Å². The van der Waals surface area contributed by atoms with Crippen LogP contribution in [0.4, 0.5) is 0 Å². The number of carbonyl (C=O) groups is 1. The Kier molecular flexibility index (Phi) is 4.79. The van der Waals surface area contributed by atoms with Gasteiger partial charge in [0.1, 0.15) is 0 Å². The molecule has 0 bridgehead atoms. The molecule has 0 aliphatic carbocycles. The Morgan fingerprint density at radius 1 is 0.944 bits per heavy atom. The van der Waals surface area contributed by atoms with Gasteiger partial charge in [0.25, 0.3) is 0 Å². The Labute approximate surface area is 112 Å². The van der Waals surface area contributed by atoms with Crippen LogP contribution in [0.3, 0.4) is 0 Å². The van der Waals surface area contributed by atoms with Gasteiger partial charge in [-0.3, -0.25) is 4.79 Å². The molecule has 90 valence electrons. The molecular formula is C16H14OS. The maximum Gasteiger partial charge on any atom is 0.216 e. The minimum Gasteiger partial charge on any atom is -0.282 e. The minimum atomic E-state index is 0.0668. The summed E-state index contributed by atoms with van der Waals surface area (Å²) >= 11 is 1.25. The number of hydrogen-bond acceptors (Lipinski definition) is 2. The number of thioether (sulfide) groups is 1. The fourth-order valence-corrected chi connectivity index (χ4v) is 2.23. The van der Waals surface area contributed by atoms with E-state index in [1.165, 1.54) is 17.3 Å². The summed E-state index contributed by atoms with van der Waals surface area (Å²) in [5.41, 5.74) is 1.21. The smallest absolute Gasteiger partial charge is 0.216 e. The molecular weight excluding hydrogens is 240 g/mol. The Balaban J connectivity index is 1.85. The highest BCUT2D eigenvalue weighted by Gasteiger charge is 1.99. The van der Waals surface area contributed by atoms with E-state index in [4.69, 9.17) is 0 Å². The van der Waals surface area contributed by atoms with E-state index in [0.717, 1.165) is 11.3 Å². The molecule has 0 amide bonds. The first-order valence-corrected chi connectivity index (χ1v) is 6.63. The first kappa shape index (κ1) is 12.7. The normalized spacial score (nSPS) is 10.7. The van der Waals surface area contributed by atoms with E-state index in [9.17, 15) is 4.79 Å². The van der Waals surface area contributed by atoms with Crippen molar-refractivity contribution in [2.24, 2.45) is 0 Å². The predicted molar refractivity (Wildman–Crippen MR) is 76.6 cm³/mol. The SMILES string of the molecule is O=C(/C=C/Cc1ccccc1)Sc1ccccc1. The highest BCUT2D eigenvalue weighted by atomic mass is 32.2. The van der Waals surface area contributed by atoms with Crippen molar-refractivity contribution < 1.29 is 4.79 Å². The summed E-state index contributed by atoms with van der Waals surface area (Å²) < 4.78 is 0. The molecule has 0 saturated heterocycles. The lowest BCUT2D eigenvalue weighted by atomic mass is 10.1. The summed E-state index contributed by atoms with van der Waals surface area (Å²) in [6.45, 7) is 0. The average Bonchev–Trinajstić information content (AvgIpc) is 2.41. The van der Waals surface area contributed by atoms with Gasteiger partial charge in [0.15, 0.2) is 0 Å². The van der Waals surface area contributed by atoms with Gasteiger partial charge >= 0.3 is 0 Å². The second kappa shape index (κ2) is 6.82. The zero-order valence-corrected chi connectivity index (χ0v) is 10.8. The van der Waals surface area contributed by atoms with Crippen molar-refractivity contribution in [2.45, 2.75) is 11.3 Å². The summed E-state index contributed by atoms with van der Waals surface area (Å²) in [4.78, 5) is 12.7. The lowest BCUT2D eigenvalue weighted by molar-refractivity contribution is -0.107. The highest BCUT2D eigenvalue weighted by molar-refractivity contribution is 8.14. The fourth-order valence-electron chi connectivity index (χ4n) is 1.54. The number of benzene rings is 2. The number of carbonyl (C=O) groups excluding carboxylic acids is 1. The zero-order chi connectivity index (χ0) is 12.6. The molecule has 2 aromatic carbocycles. The molecule has 0 fully saturated rings. The predicted octanol–water partition coefficient (Wildman–Crippen LogP) is 4.10. The molecule has 0 N–H and O–H groups in total. The van der Waals surface area contributed by atoms with E-state index in [0.29, 0.717) is 0 Å². The van der Waals surface area contributed by atoms with E-state index >= 15 is 0 Å². The van der Waals surface area contributed by atoms with Gasteiger partial charge in [0.05, 0.1) is 0 Å². The first-order valence-electron chi connectivity index (χ1n) is 5.82. The molecule has 2 heteroatoms. The third-order valence-corrected chi connectivity index (χ3v) is 3.26. The number of hydrogen-bond donors (Lipinski definition) is 0. The lowest BCUT2D eigenvalue weighted by Gasteiger charge is -1.96. The number of allylic oxidation sites excluding steroid dienone is 1. The molecule has 0 saturated carbocycles. The summed E-state index contributed by atoms with van der Waals surface area (Å²) in [6.07, 6.45) is 4.35. The van der Waals surface area contributed by atoms with Crippen molar-refractivity contribution in [1.29, 1.82) is 0 Å².